The Hall–Kier alpha value is -1.66. The molecule has 6 heteroatoms. The number of benzene rings is 1. The van der Waals surface area contributed by atoms with Crippen molar-refractivity contribution in [1.29, 1.82) is 0 Å². The van der Waals surface area contributed by atoms with Crippen molar-refractivity contribution in [2.45, 2.75) is 12.6 Å². The van der Waals surface area contributed by atoms with Crippen molar-refractivity contribution in [1.82, 2.24) is 10.2 Å². The Morgan fingerprint density at radius 2 is 2.42 bits per heavy atom. The molecule has 1 saturated heterocycles. The van der Waals surface area contributed by atoms with Gasteiger partial charge in [0.2, 0.25) is 0 Å². The van der Waals surface area contributed by atoms with Crippen LogP contribution in [0.25, 0.3) is 0 Å². The fourth-order valence-corrected chi connectivity index (χ4v) is 2.27. The van der Waals surface area contributed by atoms with Crippen LogP contribution in [0.2, 0.25) is 0 Å². The normalized spacial score (nSPS) is 20.2. The van der Waals surface area contributed by atoms with E-state index in [1.807, 2.05) is 4.90 Å². The predicted molar refractivity (Wildman–Crippen MR) is 67.7 cm³/mol. The van der Waals surface area contributed by atoms with E-state index in [0.29, 0.717) is 30.9 Å². The lowest BCUT2D eigenvalue weighted by Crippen LogP contribution is -2.54. The molecule has 2 rings (SSSR count). The van der Waals surface area contributed by atoms with Crippen LogP contribution in [0.5, 0.6) is 5.75 Å². The van der Waals surface area contributed by atoms with Crippen molar-refractivity contribution in [3.8, 4) is 5.75 Å². The third kappa shape index (κ3) is 3.21. The zero-order valence-electron chi connectivity index (χ0n) is 10.7. The van der Waals surface area contributed by atoms with Crippen molar-refractivity contribution in [2.24, 2.45) is 0 Å². The maximum absolute atomic E-state index is 13.3. The first-order valence-electron chi connectivity index (χ1n) is 6.12. The van der Waals surface area contributed by atoms with Gasteiger partial charge in [-0.25, -0.2) is 4.39 Å². The number of methoxy groups -OCH3 is 1. The van der Waals surface area contributed by atoms with E-state index in [0.717, 1.165) is 6.54 Å². The van der Waals surface area contributed by atoms with Crippen LogP contribution in [-0.2, 0) is 11.3 Å². The fraction of sp³-hybridized carbons (Fsp3) is 0.462. The van der Waals surface area contributed by atoms with Crippen molar-refractivity contribution in [2.75, 3.05) is 26.7 Å². The van der Waals surface area contributed by atoms with Gasteiger partial charge in [0.15, 0.2) is 0 Å². The molecule has 1 aromatic rings. The molecule has 0 radical (unpaired) electrons. The lowest BCUT2D eigenvalue weighted by atomic mass is 10.1. The zero-order chi connectivity index (χ0) is 13.8. The quantitative estimate of drug-likeness (QED) is 0.841. The summed E-state index contributed by atoms with van der Waals surface area (Å²) in [7, 11) is 1.52. The van der Waals surface area contributed by atoms with E-state index < -0.39 is 12.0 Å². The molecule has 1 aromatic carbocycles. The molecule has 2 N–H and O–H groups in total. The maximum atomic E-state index is 13.3. The number of piperazine rings is 1. The minimum Gasteiger partial charge on any atom is -0.496 e. The van der Waals surface area contributed by atoms with Crippen LogP contribution in [0.15, 0.2) is 18.2 Å². The van der Waals surface area contributed by atoms with Gasteiger partial charge in [-0.05, 0) is 18.2 Å². The molecule has 1 heterocycles. The number of carbonyl (C=O) groups is 1. The summed E-state index contributed by atoms with van der Waals surface area (Å²) >= 11 is 0. The Labute approximate surface area is 111 Å². The minimum atomic E-state index is -0.873. The average molecular weight is 268 g/mol. The maximum Gasteiger partial charge on any atom is 0.322 e. The van der Waals surface area contributed by atoms with Crippen LogP contribution in [0, 0.1) is 5.82 Å². The monoisotopic (exact) mass is 268 g/mol. The number of nitrogens with zero attached hydrogens (tertiary/aromatic N) is 1. The predicted octanol–water partition coefficient (Wildman–Crippen LogP) is 0.693. The van der Waals surface area contributed by atoms with Gasteiger partial charge in [0, 0.05) is 31.7 Å². The average Bonchev–Trinajstić information content (AvgIpc) is 2.39. The lowest BCUT2D eigenvalue weighted by molar-refractivity contribution is -0.144. The molecule has 0 bridgehead atoms. The number of nitrogens with one attached hydrogen (secondary N) is 1. The van der Waals surface area contributed by atoms with Crippen molar-refractivity contribution < 1.29 is 19.0 Å². The van der Waals surface area contributed by atoms with E-state index in [2.05, 4.69) is 5.32 Å². The summed E-state index contributed by atoms with van der Waals surface area (Å²) in [4.78, 5) is 13.0. The zero-order valence-corrected chi connectivity index (χ0v) is 10.7. The van der Waals surface area contributed by atoms with Gasteiger partial charge in [0.1, 0.15) is 17.6 Å². The van der Waals surface area contributed by atoms with Gasteiger partial charge in [0.05, 0.1) is 7.11 Å². The minimum absolute atomic E-state index is 0.349. The molecule has 1 atom stereocenters. The van der Waals surface area contributed by atoms with Gasteiger partial charge in [-0.1, -0.05) is 0 Å². The van der Waals surface area contributed by atoms with Crippen LogP contribution >= 0.6 is 0 Å². The molecule has 0 spiro atoms. The molecule has 0 saturated carbocycles. The number of carboxylic acids is 1. The van der Waals surface area contributed by atoms with Crippen LogP contribution < -0.4 is 10.1 Å². The molecule has 1 fully saturated rings. The van der Waals surface area contributed by atoms with Crippen LogP contribution in [0.4, 0.5) is 4.39 Å². The van der Waals surface area contributed by atoms with Crippen LogP contribution in [0.1, 0.15) is 5.56 Å². The van der Waals surface area contributed by atoms with Crippen molar-refractivity contribution in [3.63, 3.8) is 0 Å². The van der Waals surface area contributed by atoms with E-state index in [1.54, 1.807) is 6.07 Å². The number of aliphatic carboxylic acids is 1. The van der Waals surface area contributed by atoms with Crippen LogP contribution in [-0.4, -0.2) is 48.8 Å². The summed E-state index contributed by atoms with van der Waals surface area (Å²) in [6.45, 7) is 2.09. The summed E-state index contributed by atoms with van der Waals surface area (Å²) in [5.41, 5.74) is 0.663. The van der Waals surface area contributed by atoms with E-state index in [-0.39, 0.29) is 5.82 Å². The molecule has 0 aromatic heterocycles. The van der Waals surface area contributed by atoms with Gasteiger partial charge in [-0.3, -0.25) is 9.69 Å². The molecule has 1 aliphatic heterocycles. The summed E-state index contributed by atoms with van der Waals surface area (Å²) in [5.74, 6) is -0.649. The van der Waals surface area contributed by atoms with Crippen LogP contribution in [0.3, 0.4) is 0 Å². The first-order valence-corrected chi connectivity index (χ1v) is 6.12. The molecule has 1 unspecified atom stereocenters. The topological polar surface area (TPSA) is 61.8 Å². The summed E-state index contributed by atoms with van der Waals surface area (Å²) in [6, 6.07) is 3.68. The first-order chi connectivity index (χ1) is 9.11. The second kappa shape index (κ2) is 5.99. The highest BCUT2D eigenvalue weighted by molar-refractivity contribution is 5.74. The Morgan fingerprint density at radius 3 is 3.11 bits per heavy atom. The molecular formula is C13H17FN2O3. The number of ether oxygens (including phenoxy) is 1. The molecule has 1 aliphatic rings. The SMILES string of the molecule is COc1ccc(F)cc1CN1CCNCC1C(=O)O. The Morgan fingerprint density at radius 1 is 1.63 bits per heavy atom. The van der Waals surface area contributed by atoms with Crippen molar-refractivity contribution in [3.05, 3.63) is 29.6 Å². The number of carboxylic acid groups (broad SMARTS) is 1. The molecule has 104 valence electrons. The van der Waals surface area contributed by atoms with Gasteiger partial charge >= 0.3 is 5.97 Å². The van der Waals surface area contributed by atoms with E-state index in [9.17, 15) is 14.3 Å². The van der Waals surface area contributed by atoms with Crippen molar-refractivity contribution >= 4 is 5.97 Å². The molecular weight excluding hydrogens is 251 g/mol. The Kier molecular flexibility index (Phi) is 4.34. The summed E-state index contributed by atoms with van der Waals surface area (Å²) in [6.07, 6.45) is 0. The highest BCUT2D eigenvalue weighted by atomic mass is 19.1. The fourth-order valence-electron chi connectivity index (χ4n) is 2.27. The number of hydrogen-bond donors (Lipinski definition) is 2. The van der Waals surface area contributed by atoms with Gasteiger partial charge in [-0.15, -0.1) is 0 Å². The molecule has 19 heavy (non-hydrogen) atoms. The van der Waals surface area contributed by atoms with Gasteiger partial charge in [0.25, 0.3) is 0 Å². The highest BCUT2D eigenvalue weighted by Crippen LogP contribution is 2.22. The van der Waals surface area contributed by atoms with E-state index >= 15 is 0 Å². The summed E-state index contributed by atoms with van der Waals surface area (Å²) < 4.78 is 18.5. The molecule has 0 aliphatic carbocycles. The molecule has 0 amide bonds. The standard InChI is InChI=1S/C13H17FN2O3/c1-19-12-3-2-10(14)6-9(12)8-16-5-4-15-7-11(16)13(17)18/h2-3,6,11,15H,4-5,7-8H2,1H3,(H,17,18). The highest BCUT2D eigenvalue weighted by Gasteiger charge is 2.28. The smallest absolute Gasteiger partial charge is 0.322 e. The van der Waals surface area contributed by atoms with Gasteiger partial charge in [-0.2, -0.15) is 0 Å². The first kappa shape index (κ1) is 13.8. The van der Waals surface area contributed by atoms with E-state index in [1.165, 1.54) is 19.2 Å². The Bertz CT molecular complexity index is 467. The van der Waals surface area contributed by atoms with Gasteiger partial charge < -0.3 is 15.2 Å². The Balaban J connectivity index is 2.18. The largest absolute Gasteiger partial charge is 0.496 e. The second-order valence-corrected chi connectivity index (χ2v) is 4.48. The third-order valence-electron chi connectivity index (χ3n) is 3.26. The van der Waals surface area contributed by atoms with E-state index in [4.69, 9.17) is 4.74 Å². The second-order valence-electron chi connectivity index (χ2n) is 4.48. The number of rotatable bonds is 4. The third-order valence-corrected chi connectivity index (χ3v) is 3.26. The number of hydrogen-bond acceptors (Lipinski definition) is 4. The summed E-state index contributed by atoms with van der Waals surface area (Å²) in [5, 5.41) is 12.2. The lowest BCUT2D eigenvalue weighted by Gasteiger charge is -2.33. The molecule has 5 nitrogen and oxygen atoms in total. The number of halogens is 1.